The third-order valence-electron chi connectivity index (χ3n) is 3.91. The van der Waals surface area contributed by atoms with Crippen molar-refractivity contribution >= 4 is 5.82 Å². The van der Waals surface area contributed by atoms with Gasteiger partial charge in [0.25, 0.3) is 0 Å². The SMILES string of the molecule is CCCn1c(C(C)C)nc(-c2c(C)cc(C)cc2C)c1N. The number of benzene rings is 1. The Hall–Kier alpha value is -1.77. The van der Waals surface area contributed by atoms with Crippen molar-refractivity contribution in [2.24, 2.45) is 0 Å². The van der Waals surface area contributed by atoms with Crippen LogP contribution in [0.15, 0.2) is 12.1 Å². The van der Waals surface area contributed by atoms with E-state index < -0.39 is 0 Å². The van der Waals surface area contributed by atoms with Gasteiger partial charge < -0.3 is 10.3 Å². The van der Waals surface area contributed by atoms with Crippen LogP contribution in [0.1, 0.15) is 55.6 Å². The molecule has 0 unspecified atom stereocenters. The number of hydrogen-bond acceptors (Lipinski definition) is 2. The normalized spacial score (nSPS) is 11.4. The van der Waals surface area contributed by atoms with Crippen molar-refractivity contribution in [3.8, 4) is 11.3 Å². The maximum Gasteiger partial charge on any atom is 0.131 e. The summed E-state index contributed by atoms with van der Waals surface area (Å²) in [7, 11) is 0. The van der Waals surface area contributed by atoms with E-state index in [0.717, 1.165) is 30.3 Å². The lowest BCUT2D eigenvalue weighted by Crippen LogP contribution is -2.08. The lowest BCUT2D eigenvalue weighted by molar-refractivity contribution is 0.616. The Morgan fingerprint density at radius 3 is 2.19 bits per heavy atom. The van der Waals surface area contributed by atoms with Crippen molar-refractivity contribution in [3.63, 3.8) is 0 Å². The fraction of sp³-hybridized carbons (Fsp3) is 0.500. The average molecular weight is 285 g/mol. The zero-order chi connectivity index (χ0) is 15.7. The molecule has 2 aromatic rings. The van der Waals surface area contributed by atoms with Crippen molar-refractivity contribution in [2.45, 2.75) is 60.4 Å². The van der Waals surface area contributed by atoms with Crippen LogP contribution in [0.4, 0.5) is 5.82 Å². The van der Waals surface area contributed by atoms with Gasteiger partial charge in [0.1, 0.15) is 17.3 Å². The molecule has 3 heteroatoms. The molecule has 1 heterocycles. The van der Waals surface area contributed by atoms with Crippen LogP contribution < -0.4 is 5.73 Å². The molecule has 0 bridgehead atoms. The molecule has 21 heavy (non-hydrogen) atoms. The molecule has 0 aliphatic heterocycles. The van der Waals surface area contributed by atoms with E-state index in [0.29, 0.717) is 5.92 Å². The van der Waals surface area contributed by atoms with Crippen LogP contribution in [0.2, 0.25) is 0 Å². The summed E-state index contributed by atoms with van der Waals surface area (Å²) in [6.45, 7) is 13.9. The fourth-order valence-corrected chi connectivity index (χ4v) is 3.12. The number of nitrogens with zero attached hydrogens (tertiary/aromatic N) is 2. The molecule has 0 radical (unpaired) electrons. The van der Waals surface area contributed by atoms with Crippen LogP contribution in [0.25, 0.3) is 11.3 Å². The highest BCUT2D eigenvalue weighted by molar-refractivity contribution is 5.76. The molecular formula is C18H27N3. The van der Waals surface area contributed by atoms with Gasteiger partial charge in [0.05, 0.1) is 0 Å². The fourth-order valence-electron chi connectivity index (χ4n) is 3.12. The van der Waals surface area contributed by atoms with Crippen molar-refractivity contribution in [2.75, 3.05) is 5.73 Å². The van der Waals surface area contributed by atoms with Crippen molar-refractivity contribution in [3.05, 3.63) is 34.6 Å². The number of nitrogen functional groups attached to an aromatic ring is 1. The molecule has 0 amide bonds. The quantitative estimate of drug-likeness (QED) is 0.892. The van der Waals surface area contributed by atoms with Gasteiger partial charge in [-0.15, -0.1) is 0 Å². The minimum Gasteiger partial charge on any atom is -0.383 e. The summed E-state index contributed by atoms with van der Waals surface area (Å²) in [6, 6.07) is 4.41. The topological polar surface area (TPSA) is 43.8 Å². The molecule has 0 fully saturated rings. The van der Waals surface area contributed by atoms with Crippen LogP contribution in [-0.4, -0.2) is 9.55 Å². The second-order valence-electron chi connectivity index (χ2n) is 6.28. The van der Waals surface area contributed by atoms with Crippen LogP contribution in [0.5, 0.6) is 0 Å². The first kappa shape index (κ1) is 15.6. The Morgan fingerprint density at radius 1 is 1.14 bits per heavy atom. The van der Waals surface area contributed by atoms with Crippen LogP contribution in [-0.2, 0) is 6.54 Å². The summed E-state index contributed by atoms with van der Waals surface area (Å²) in [5.74, 6) is 2.26. The maximum atomic E-state index is 6.44. The van der Waals surface area contributed by atoms with Gasteiger partial charge in [-0.1, -0.05) is 38.5 Å². The highest BCUT2D eigenvalue weighted by Crippen LogP contribution is 2.34. The van der Waals surface area contributed by atoms with E-state index in [4.69, 9.17) is 10.7 Å². The summed E-state index contributed by atoms with van der Waals surface area (Å²) >= 11 is 0. The van der Waals surface area contributed by atoms with Gasteiger partial charge >= 0.3 is 0 Å². The smallest absolute Gasteiger partial charge is 0.131 e. The highest BCUT2D eigenvalue weighted by Gasteiger charge is 2.20. The van der Waals surface area contributed by atoms with E-state index in [1.54, 1.807) is 0 Å². The van der Waals surface area contributed by atoms with Gasteiger partial charge in [-0.25, -0.2) is 4.98 Å². The average Bonchev–Trinajstić information content (AvgIpc) is 2.68. The van der Waals surface area contributed by atoms with Gasteiger partial charge in [0.2, 0.25) is 0 Å². The molecule has 0 aliphatic carbocycles. The molecule has 1 aromatic carbocycles. The van der Waals surface area contributed by atoms with Crippen molar-refractivity contribution < 1.29 is 0 Å². The van der Waals surface area contributed by atoms with E-state index in [2.05, 4.69) is 58.2 Å². The summed E-state index contributed by atoms with van der Waals surface area (Å²) in [5, 5.41) is 0. The van der Waals surface area contributed by atoms with E-state index in [1.807, 2.05) is 0 Å². The highest BCUT2D eigenvalue weighted by atomic mass is 15.1. The Labute approximate surface area is 128 Å². The number of imidazole rings is 1. The molecule has 3 nitrogen and oxygen atoms in total. The second-order valence-corrected chi connectivity index (χ2v) is 6.28. The third-order valence-corrected chi connectivity index (χ3v) is 3.91. The molecule has 0 aliphatic rings. The molecule has 0 atom stereocenters. The molecule has 0 spiro atoms. The van der Waals surface area contributed by atoms with Crippen LogP contribution in [0.3, 0.4) is 0 Å². The number of aromatic nitrogens is 2. The lowest BCUT2D eigenvalue weighted by Gasteiger charge is -2.11. The Morgan fingerprint density at radius 2 is 1.71 bits per heavy atom. The number of hydrogen-bond donors (Lipinski definition) is 1. The predicted octanol–water partition coefficient (Wildman–Crippen LogP) is 4.59. The minimum absolute atomic E-state index is 0.374. The molecular weight excluding hydrogens is 258 g/mol. The predicted molar refractivity (Wildman–Crippen MR) is 90.7 cm³/mol. The van der Waals surface area contributed by atoms with Gasteiger partial charge in [-0.3, -0.25) is 0 Å². The van der Waals surface area contributed by atoms with Gasteiger partial charge in [0.15, 0.2) is 0 Å². The Kier molecular flexibility index (Phi) is 4.40. The lowest BCUT2D eigenvalue weighted by atomic mass is 9.97. The van der Waals surface area contributed by atoms with Crippen LogP contribution >= 0.6 is 0 Å². The zero-order valence-corrected chi connectivity index (χ0v) is 14.1. The number of aryl methyl sites for hydroxylation is 3. The van der Waals surface area contributed by atoms with Gasteiger partial charge in [-0.2, -0.15) is 0 Å². The van der Waals surface area contributed by atoms with Gasteiger partial charge in [0, 0.05) is 18.0 Å². The zero-order valence-electron chi connectivity index (χ0n) is 14.1. The Balaban J connectivity index is 2.68. The summed E-state index contributed by atoms with van der Waals surface area (Å²) in [5.41, 5.74) is 12.3. The molecule has 2 N–H and O–H groups in total. The third kappa shape index (κ3) is 2.82. The first-order chi connectivity index (χ1) is 9.86. The second kappa shape index (κ2) is 5.92. The first-order valence-electron chi connectivity index (χ1n) is 7.80. The van der Waals surface area contributed by atoms with E-state index >= 15 is 0 Å². The molecule has 114 valence electrons. The Bertz CT molecular complexity index is 628. The van der Waals surface area contributed by atoms with Gasteiger partial charge in [-0.05, 0) is 38.3 Å². The largest absolute Gasteiger partial charge is 0.383 e. The monoisotopic (exact) mass is 285 g/mol. The van der Waals surface area contributed by atoms with Crippen molar-refractivity contribution in [1.29, 1.82) is 0 Å². The number of nitrogens with two attached hydrogens (primary N) is 1. The minimum atomic E-state index is 0.374. The molecule has 0 saturated carbocycles. The first-order valence-corrected chi connectivity index (χ1v) is 7.80. The summed E-state index contributed by atoms with van der Waals surface area (Å²) < 4.78 is 2.18. The standard InChI is InChI=1S/C18H27N3/c1-7-8-21-17(19)16(20-18(21)11(2)3)15-13(5)9-12(4)10-14(15)6/h9-11H,7-8,19H2,1-6H3. The summed E-state index contributed by atoms with van der Waals surface area (Å²) in [6.07, 6.45) is 1.06. The number of anilines is 1. The van der Waals surface area contributed by atoms with E-state index in [-0.39, 0.29) is 0 Å². The summed E-state index contributed by atoms with van der Waals surface area (Å²) in [4.78, 5) is 4.89. The maximum absolute atomic E-state index is 6.44. The number of rotatable bonds is 4. The molecule has 1 aromatic heterocycles. The van der Waals surface area contributed by atoms with E-state index in [9.17, 15) is 0 Å². The van der Waals surface area contributed by atoms with E-state index in [1.165, 1.54) is 22.3 Å². The van der Waals surface area contributed by atoms with Crippen LogP contribution in [0, 0.1) is 20.8 Å². The molecule has 2 rings (SSSR count). The molecule has 0 saturated heterocycles. The van der Waals surface area contributed by atoms with Crippen molar-refractivity contribution in [1.82, 2.24) is 9.55 Å².